The maximum atomic E-state index is 13.1. The van der Waals surface area contributed by atoms with Gasteiger partial charge in [0.05, 0.1) is 17.2 Å². The molecule has 0 spiro atoms. The lowest BCUT2D eigenvalue weighted by molar-refractivity contribution is 0.340. The monoisotopic (exact) mass is 380 g/mol. The van der Waals surface area contributed by atoms with Crippen LogP contribution in [0.15, 0.2) is 71.9 Å². The summed E-state index contributed by atoms with van der Waals surface area (Å²) in [5.74, 6) is 0.667. The van der Waals surface area contributed by atoms with Gasteiger partial charge in [0.1, 0.15) is 5.75 Å². The number of aromatic nitrogens is 1. The van der Waals surface area contributed by atoms with Gasteiger partial charge in [0.25, 0.3) is 10.0 Å². The van der Waals surface area contributed by atoms with Crippen molar-refractivity contribution in [2.75, 3.05) is 17.5 Å². The van der Waals surface area contributed by atoms with E-state index in [0.717, 1.165) is 22.4 Å². The zero-order valence-electron chi connectivity index (χ0n) is 15.0. The molecule has 2 aromatic carbocycles. The lowest BCUT2D eigenvalue weighted by Gasteiger charge is -2.20. The topological polar surface area (TPSA) is 59.5 Å². The molecule has 0 amide bonds. The maximum Gasteiger partial charge on any atom is 0.264 e. The van der Waals surface area contributed by atoms with Gasteiger partial charge in [0.15, 0.2) is 0 Å². The van der Waals surface area contributed by atoms with Crippen molar-refractivity contribution in [1.29, 1.82) is 0 Å². The molecule has 0 fully saturated rings. The molecule has 1 aromatic heterocycles. The van der Waals surface area contributed by atoms with E-state index in [1.807, 2.05) is 31.2 Å². The highest BCUT2D eigenvalue weighted by molar-refractivity contribution is 7.92. The molecule has 0 saturated heterocycles. The second-order valence-corrected chi connectivity index (χ2v) is 8.17. The Kier molecular flexibility index (Phi) is 4.58. The minimum Gasteiger partial charge on any atom is -0.494 e. The predicted octanol–water partition coefficient (Wildman–Crippen LogP) is 3.90. The summed E-state index contributed by atoms with van der Waals surface area (Å²) in [4.78, 5) is 4.32. The van der Waals surface area contributed by atoms with Gasteiger partial charge in [0.2, 0.25) is 0 Å². The summed E-state index contributed by atoms with van der Waals surface area (Å²) < 4.78 is 33.1. The van der Waals surface area contributed by atoms with Crippen LogP contribution in [0.4, 0.5) is 5.69 Å². The van der Waals surface area contributed by atoms with Gasteiger partial charge in [-0.25, -0.2) is 8.42 Å². The van der Waals surface area contributed by atoms with Crippen LogP contribution in [0.2, 0.25) is 0 Å². The van der Waals surface area contributed by atoms with E-state index in [1.165, 1.54) is 4.31 Å². The molecule has 4 rings (SSSR count). The molecule has 0 unspecified atom stereocenters. The van der Waals surface area contributed by atoms with Crippen molar-refractivity contribution in [3.63, 3.8) is 0 Å². The summed E-state index contributed by atoms with van der Waals surface area (Å²) >= 11 is 0. The Bertz CT molecular complexity index is 1050. The van der Waals surface area contributed by atoms with Crippen molar-refractivity contribution in [2.45, 2.75) is 18.2 Å². The first kappa shape index (κ1) is 17.5. The van der Waals surface area contributed by atoms with E-state index in [2.05, 4.69) is 11.1 Å². The Balaban J connectivity index is 1.65. The largest absolute Gasteiger partial charge is 0.494 e. The van der Waals surface area contributed by atoms with Crippen LogP contribution in [0.5, 0.6) is 5.75 Å². The first-order valence-corrected chi connectivity index (χ1v) is 10.3. The number of rotatable bonds is 5. The normalized spacial score (nSPS) is 13.4. The molecule has 5 nitrogen and oxygen atoms in total. The van der Waals surface area contributed by atoms with Gasteiger partial charge in [-0.3, -0.25) is 9.29 Å². The number of hydrogen-bond acceptors (Lipinski definition) is 4. The van der Waals surface area contributed by atoms with E-state index >= 15 is 0 Å². The third-order valence-electron chi connectivity index (χ3n) is 4.67. The zero-order valence-corrected chi connectivity index (χ0v) is 15.8. The van der Waals surface area contributed by atoms with E-state index in [1.54, 1.807) is 36.7 Å². The summed E-state index contributed by atoms with van der Waals surface area (Å²) in [7, 11) is -3.59. The molecular formula is C21H20N2O3S. The fraction of sp³-hybridized carbons (Fsp3) is 0.190. The van der Waals surface area contributed by atoms with Gasteiger partial charge in [-0.1, -0.05) is 6.07 Å². The van der Waals surface area contributed by atoms with Crippen molar-refractivity contribution >= 4 is 15.7 Å². The smallest absolute Gasteiger partial charge is 0.264 e. The summed E-state index contributed by atoms with van der Waals surface area (Å²) in [6.45, 7) is 2.89. The summed E-state index contributed by atoms with van der Waals surface area (Å²) in [5, 5.41) is 0. The third kappa shape index (κ3) is 3.28. The van der Waals surface area contributed by atoms with Crippen LogP contribution in [-0.4, -0.2) is 26.6 Å². The second-order valence-electron chi connectivity index (χ2n) is 6.31. The average molecular weight is 380 g/mol. The fourth-order valence-electron chi connectivity index (χ4n) is 3.35. The van der Waals surface area contributed by atoms with Gasteiger partial charge in [0, 0.05) is 18.9 Å². The molecule has 2 heterocycles. The summed E-state index contributed by atoms with van der Waals surface area (Å²) in [6.07, 6.45) is 4.21. The van der Waals surface area contributed by atoms with Gasteiger partial charge in [-0.05, 0) is 78.6 Å². The minimum atomic E-state index is -3.59. The first-order valence-electron chi connectivity index (χ1n) is 8.88. The third-order valence-corrected chi connectivity index (χ3v) is 6.50. The fourth-order valence-corrected chi connectivity index (χ4v) is 4.85. The molecule has 0 radical (unpaired) electrons. The summed E-state index contributed by atoms with van der Waals surface area (Å²) in [5.41, 5.74) is 3.93. The Hall–Kier alpha value is -2.86. The van der Waals surface area contributed by atoms with Crippen LogP contribution in [0.1, 0.15) is 12.5 Å². The molecule has 0 N–H and O–H groups in total. The molecule has 0 aliphatic carbocycles. The van der Waals surface area contributed by atoms with Crippen molar-refractivity contribution < 1.29 is 13.2 Å². The van der Waals surface area contributed by atoms with E-state index < -0.39 is 10.0 Å². The van der Waals surface area contributed by atoms with Gasteiger partial charge in [-0.15, -0.1) is 0 Å². The van der Waals surface area contributed by atoms with Gasteiger partial charge in [-0.2, -0.15) is 0 Å². The van der Waals surface area contributed by atoms with Crippen LogP contribution >= 0.6 is 0 Å². The number of pyridine rings is 1. The quantitative estimate of drug-likeness (QED) is 0.674. The molecule has 6 heteroatoms. The number of nitrogens with zero attached hydrogens (tertiary/aromatic N) is 2. The highest BCUT2D eigenvalue weighted by Crippen LogP contribution is 2.36. The Morgan fingerprint density at radius 1 is 1.00 bits per heavy atom. The standard InChI is InChI=1S/C21H20N2O3S/c1-2-26-19-4-6-20(7-5-19)27(24,25)23-14-11-18-15-17(3-8-21(18)23)16-9-12-22-13-10-16/h3-10,12-13,15H,2,11,14H2,1H3. The van der Waals surface area contributed by atoms with E-state index in [9.17, 15) is 8.42 Å². The van der Waals surface area contributed by atoms with Crippen LogP contribution in [0.25, 0.3) is 11.1 Å². The van der Waals surface area contributed by atoms with E-state index in [0.29, 0.717) is 25.3 Å². The van der Waals surface area contributed by atoms with Gasteiger partial charge >= 0.3 is 0 Å². The lowest BCUT2D eigenvalue weighted by atomic mass is 10.0. The Labute approximate surface area is 159 Å². The van der Waals surface area contributed by atoms with Crippen LogP contribution in [0, 0.1) is 0 Å². The maximum absolute atomic E-state index is 13.1. The predicted molar refractivity (Wildman–Crippen MR) is 106 cm³/mol. The molecule has 0 atom stereocenters. The number of fused-ring (bicyclic) bond motifs is 1. The molecule has 3 aromatic rings. The van der Waals surface area contributed by atoms with Crippen LogP contribution < -0.4 is 9.04 Å². The molecule has 27 heavy (non-hydrogen) atoms. The summed E-state index contributed by atoms with van der Waals surface area (Å²) in [6, 6.07) is 16.4. The number of anilines is 1. The first-order chi connectivity index (χ1) is 13.1. The van der Waals surface area contributed by atoms with Gasteiger partial charge < -0.3 is 4.74 Å². The van der Waals surface area contributed by atoms with Crippen molar-refractivity contribution in [3.8, 4) is 16.9 Å². The Morgan fingerprint density at radius 2 is 1.74 bits per heavy atom. The van der Waals surface area contributed by atoms with E-state index in [4.69, 9.17) is 4.74 Å². The lowest BCUT2D eigenvalue weighted by Crippen LogP contribution is -2.29. The molecule has 0 saturated carbocycles. The number of ether oxygens (including phenoxy) is 1. The number of hydrogen-bond donors (Lipinski definition) is 0. The molecular weight excluding hydrogens is 360 g/mol. The SMILES string of the molecule is CCOc1ccc(S(=O)(=O)N2CCc3cc(-c4ccncc4)ccc32)cc1. The second kappa shape index (κ2) is 7.04. The molecule has 1 aliphatic heterocycles. The highest BCUT2D eigenvalue weighted by atomic mass is 32.2. The van der Waals surface area contributed by atoms with Crippen molar-refractivity contribution in [1.82, 2.24) is 4.98 Å². The average Bonchev–Trinajstić information content (AvgIpc) is 3.13. The Morgan fingerprint density at radius 3 is 2.44 bits per heavy atom. The van der Waals surface area contributed by atoms with Crippen LogP contribution in [0.3, 0.4) is 0 Å². The van der Waals surface area contributed by atoms with Crippen LogP contribution in [-0.2, 0) is 16.4 Å². The molecule has 138 valence electrons. The zero-order chi connectivity index (χ0) is 18.9. The number of sulfonamides is 1. The molecule has 0 bridgehead atoms. The van der Waals surface area contributed by atoms with E-state index in [-0.39, 0.29) is 4.90 Å². The molecule has 1 aliphatic rings. The van der Waals surface area contributed by atoms with Crippen molar-refractivity contribution in [3.05, 3.63) is 72.6 Å². The number of benzene rings is 2. The minimum absolute atomic E-state index is 0.275. The van der Waals surface area contributed by atoms with Crippen molar-refractivity contribution in [2.24, 2.45) is 0 Å². The highest BCUT2D eigenvalue weighted by Gasteiger charge is 2.31.